The lowest BCUT2D eigenvalue weighted by Crippen LogP contribution is -2.44. The van der Waals surface area contributed by atoms with Gasteiger partial charge in [-0.2, -0.15) is 0 Å². The van der Waals surface area contributed by atoms with Crippen molar-refractivity contribution < 1.29 is 23.4 Å². The number of methoxy groups -OCH3 is 1. The van der Waals surface area contributed by atoms with Crippen molar-refractivity contribution in [2.24, 2.45) is 22.1 Å². The highest BCUT2D eigenvalue weighted by Gasteiger charge is 2.66. The van der Waals surface area contributed by atoms with E-state index < -0.39 is 17.3 Å². The normalized spacial score (nSPS) is 28.3. The molecule has 3 N–H and O–H groups in total. The number of benzene rings is 1. The molecular weight excluding hydrogens is 473 g/mol. The van der Waals surface area contributed by atoms with Crippen molar-refractivity contribution in [1.82, 2.24) is 9.97 Å². The van der Waals surface area contributed by atoms with Gasteiger partial charge in [0.15, 0.2) is 5.17 Å². The minimum absolute atomic E-state index is 0.0237. The number of nitrogens with two attached hydrogens (primary N) is 1. The average Bonchev–Trinajstić information content (AvgIpc) is 3.53. The van der Waals surface area contributed by atoms with Crippen LogP contribution in [0.2, 0.25) is 0 Å². The van der Waals surface area contributed by atoms with Gasteiger partial charge in [0.05, 0.1) is 49.1 Å². The van der Waals surface area contributed by atoms with Crippen molar-refractivity contribution in [3.63, 3.8) is 0 Å². The van der Waals surface area contributed by atoms with Gasteiger partial charge in [-0.05, 0) is 31.5 Å². The third kappa shape index (κ3) is 4.48. The van der Waals surface area contributed by atoms with Crippen LogP contribution in [-0.2, 0) is 15.0 Å². The van der Waals surface area contributed by atoms with Gasteiger partial charge >= 0.3 is 0 Å². The topological polar surface area (TPSA) is 121 Å². The molecular formula is C24H28FN5O4S. The zero-order valence-corrected chi connectivity index (χ0v) is 20.7. The first-order valence-corrected chi connectivity index (χ1v) is 12.2. The molecule has 1 amide bonds. The Labute approximate surface area is 207 Å². The van der Waals surface area contributed by atoms with Crippen molar-refractivity contribution in [2.45, 2.75) is 30.6 Å². The van der Waals surface area contributed by atoms with Gasteiger partial charge in [-0.3, -0.25) is 9.79 Å². The van der Waals surface area contributed by atoms with Crippen LogP contribution in [0.25, 0.3) is 0 Å². The molecule has 5 rings (SSSR count). The SMILES string of the molecule is COC[C@]12C[C@H]1[C@@](C)(c1cc(NC(=O)c3cnc(OCC4(C)COC4)cn3)ccc1F)N=C(N)S2. The number of hydrogen-bond donors (Lipinski definition) is 2. The Morgan fingerprint density at radius 3 is 2.74 bits per heavy atom. The minimum atomic E-state index is -0.862. The molecule has 1 aromatic carbocycles. The molecule has 1 aliphatic carbocycles. The number of fused-ring (bicyclic) bond motifs is 1. The number of anilines is 1. The van der Waals surface area contributed by atoms with E-state index in [2.05, 4.69) is 27.2 Å². The number of thioether (sulfide) groups is 1. The molecule has 11 heteroatoms. The average molecular weight is 502 g/mol. The summed E-state index contributed by atoms with van der Waals surface area (Å²) < 4.78 is 31.1. The van der Waals surface area contributed by atoms with E-state index in [1.54, 1.807) is 13.2 Å². The number of nitrogens with zero attached hydrogens (tertiary/aromatic N) is 3. The van der Waals surface area contributed by atoms with E-state index in [-0.39, 0.29) is 21.8 Å². The molecule has 1 saturated heterocycles. The molecule has 9 nitrogen and oxygen atoms in total. The zero-order valence-electron chi connectivity index (χ0n) is 19.8. The first kappa shape index (κ1) is 24.0. The summed E-state index contributed by atoms with van der Waals surface area (Å²) in [6.45, 7) is 6.21. The molecule has 3 heterocycles. The summed E-state index contributed by atoms with van der Waals surface area (Å²) in [6.07, 6.45) is 3.58. The van der Waals surface area contributed by atoms with E-state index in [0.717, 1.165) is 6.42 Å². The molecule has 35 heavy (non-hydrogen) atoms. The second kappa shape index (κ2) is 8.72. The van der Waals surface area contributed by atoms with Gasteiger partial charge in [0, 0.05) is 29.7 Å². The number of aromatic nitrogens is 2. The molecule has 0 spiro atoms. The second-order valence-electron chi connectivity index (χ2n) is 9.93. The smallest absolute Gasteiger partial charge is 0.275 e. The molecule has 186 valence electrons. The minimum Gasteiger partial charge on any atom is -0.476 e. The Bertz CT molecular complexity index is 1180. The molecule has 0 bridgehead atoms. The maximum Gasteiger partial charge on any atom is 0.275 e. The van der Waals surface area contributed by atoms with Gasteiger partial charge in [-0.1, -0.05) is 18.7 Å². The van der Waals surface area contributed by atoms with E-state index >= 15 is 4.39 Å². The summed E-state index contributed by atoms with van der Waals surface area (Å²) in [7, 11) is 1.64. The predicted octanol–water partition coefficient (Wildman–Crippen LogP) is 2.97. The Hall–Kier alpha value is -2.76. The molecule has 1 saturated carbocycles. The molecule has 3 atom stereocenters. The highest BCUT2D eigenvalue weighted by molar-refractivity contribution is 8.15. The lowest BCUT2D eigenvalue weighted by atomic mass is 9.85. The van der Waals surface area contributed by atoms with E-state index in [9.17, 15) is 4.79 Å². The number of hydrogen-bond acceptors (Lipinski definition) is 9. The van der Waals surface area contributed by atoms with Crippen LogP contribution in [0.4, 0.5) is 10.1 Å². The van der Waals surface area contributed by atoms with E-state index in [1.807, 2.05) is 6.92 Å². The van der Waals surface area contributed by atoms with Gasteiger partial charge in [0.25, 0.3) is 5.91 Å². The summed E-state index contributed by atoms with van der Waals surface area (Å²) in [5.74, 6) is -0.464. The van der Waals surface area contributed by atoms with Crippen LogP contribution < -0.4 is 15.8 Å². The number of halogens is 1. The number of amidine groups is 1. The Balaban J connectivity index is 1.30. The van der Waals surface area contributed by atoms with Gasteiger partial charge in [0.1, 0.15) is 11.5 Å². The van der Waals surface area contributed by atoms with Gasteiger partial charge < -0.3 is 25.3 Å². The number of carbonyl (C=O) groups is 1. The number of carbonyl (C=O) groups excluding carboxylic acids is 1. The van der Waals surface area contributed by atoms with Crippen LogP contribution in [0.15, 0.2) is 35.6 Å². The third-order valence-corrected chi connectivity index (χ3v) is 8.12. The summed E-state index contributed by atoms with van der Waals surface area (Å²) >= 11 is 1.49. The Morgan fingerprint density at radius 2 is 2.09 bits per heavy atom. The number of aliphatic imine (C=N–C) groups is 1. The van der Waals surface area contributed by atoms with Crippen molar-refractivity contribution in [3.8, 4) is 5.88 Å². The number of amides is 1. The van der Waals surface area contributed by atoms with Gasteiger partial charge in [0.2, 0.25) is 5.88 Å². The van der Waals surface area contributed by atoms with Crippen molar-refractivity contribution in [3.05, 3.63) is 47.7 Å². The van der Waals surface area contributed by atoms with Crippen LogP contribution in [0.1, 0.15) is 36.3 Å². The van der Waals surface area contributed by atoms with Crippen molar-refractivity contribution in [1.29, 1.82) is 0 Å². The summed E-state index contributed by atoms with van der Waals surface area (Å²) in [6, 6.07) is 4.45. The van der Waals surface area contributed by atoms with Gasteiger partial charge in [-0.15, -0.1) is 0 Å². The quantitative estimate of drug-likeness (QED) is 0.566. The molecule has 2 aliphatic heterocycles. The van der Waals surface area contributed by atoms with E-state index in [4.69, 9.17) is 19.9 Å². The molecule has 2 fully saturated rings. The first-order chi connectivity index (χ1) is 16.7. The summed E-state index contributed by atoms with van der Waals surface area (Å²) in [5, 5.41) is 3.18. The standard InChI is InChI=1S/C24H28FN5O4S/c1-22(10-33-11-22)12-34-19-9-27-17(8-28-19)20(31)29-14-4-5-16(25)15(6-14)23(2)18-7-24(18,13-32-3)35-21(26)30-23/h4-6,8-9,18H,7,10-13H2,1-3H3,(H2,26,30)(H,29,31)/t18-,23+,24+/m0/s1. The Kier molecular flexibility index (Phi) is 5.97. The van der Waals surface area contributed by atoms with E-state index in [0.29, 0.717) is 48.7 Å². The number of nitrogens with one attached hydrogen (secondary N) is 1. The lowest BCUT2D eigenvalue weighted by Gasteiger charge is -2.37. The summed E-state index contributed by atoms with van der Waals surface area (Å²) in [5.41, 5.74) is 6.17. The zero-order chi connectivity index (χ0) is 24.8. The fourth-order valence-corrected chi connectivity index (χ4v) is 6.26. The first-order valence-electron chi connectivity index (χ1n) is 11.3. The fourth-order valence-electron chi connectivity index (χ4n) is 4.81. The van der Waals surface area contributed by atoms with Crippen LogP contribution in [-0.4, -0.2) is 59.3 Å². The highest BCUT2D eigenvalue weighted by atomic mass is 32.2. The van der Waals surface area contributed by atoms with Crippen LogP contribution in [0.5, 0.6) is 5.88 Å². The van der Waals surface area contributed by atoms with Crippen LogP contribution >= 0.6 is 11.8 Å². The molecule has 2 aromatic rings. The van der Waals surface area contributed by atoms with Crippen molar-refractivity contribution >= 4 is 28.5 Å². The van der Waals surface area contributed by atoms with Crippen molar-refractivity contribution in [2.75, 3.05) is 38.9 Å². The number of rotatable bonds is 8. The lowest BCUT2D eigenvalue weighted by molar-refractivity contribution is -0.120. The third-order valence-electron chi connectivity index (χ3n) is 6.84. The highest BCUT2D eigenvalue weighted by Crippen LogP contribution is 2.66. The summed E-state index contributed by atoms with van der Waals surface area (Å²) in [4.78, 5) is 25.7. The molecule has 0 radical (unpaired) electrons. The van der Waals surface area contributed by atoms with Gasteiger partial charge in [-0.25, -0.2) is 14.4 Å². The molecule has 1 aromatic heterocycles. The van der Waals surface area contributed by atoms with Crippen LogP contribution in [0.3, 0.4) is 0 Å². The van der Waals surface area contributed by atoms with E-state index in [1.165, 1.54) is 36.3 Å². The van der Waals surface area contributed by atoms with Crippen LogP contribution in [0, 0.1) is 17.2 Å². The largest absolute Gasteiger partial charge is 0.476 e. The maximum absolute atomic E-state index is 15.0. The molecule has 3 aliphatic rings. The fraction of sp³-hybridized carbons (Fsp3) is 0.500. The monoisotopic (exact) mass is 501 g/mol. The maximum atomic E-state index is 15.0. The molecule has 0 unspecified atom stereocenters. The number of ether oxygens (including phenoxy) is 3. The second-order valence-corrected chi connectivity index (χ2v) is 11.4. The Morgan fingerprint density at radius 1 is 1.29 bits per heavy atom. The predicted molar refractivity (Wildman–Crippen MR) is 130 cm³/mol.